The van der Waals surface area contributed by atoms with Gasteiger partial charge in [0.2, 0.25) is 5.52 Å². The molecule has 0 saturated heterocycles. The van der Waals surface area contributed by atoms with Crippen LogP contribution in [0.4, 0.5) is 28.4 Å². The van der Waals surface area contributed by atoms with Crippen LogP contribution < -0.4 is 25.8 Å². The lowest BCUT2D eigenvalue weighted by Gasteiger charge is -2.15. The number of nitro benzene ring substituents is 1. The minimum Gasteiger partial charge on any atom is -0.381 e. The number of hydrogen-bond donors (Lipinski definition) is 4. The summed E-state index contributed by atoms with van der Waals surface area (Å²) in [5, 5.41) is 22.3. The molecule has 8 nitrogen and oxygen atoms in total. The fraction of sp³-hybridized carbons (Fsp3) is 0.265. The Labute approximate surface area is 271 Å². The lowest BCUT2D eigenvalue weighted by molar-refractivity contribution is -0.818. The van der Waals surface area contributed by atoms with Gasteiger partial charge in [0.1, 0.15) is 6.54 Å². The molecule has 3 aromatic carbocycles. The first-order valence-electron chi connectivity index (χ1n) is 14.4. The zero-order valence-electron chi connectivity index (χ0n) is 25.7. The van der Waals surface area contributed by atoms with E-state index in [1.165, 1.54) is 27.5 Å². The molecule has 1 aliphatic heterocycles. The second-order valence-electron chi connectivity index (χ2n) is 8.96. The Morgan fingerprint density at radius 3 is 2.27 bits per heavy atom. The summed E-state index contributed by atoms with van der Waals surface area (Å²) in [5.41, 5.74) is 6.95. The number of halogens is 1. The number of nitrogens with one attached hydrogen (secondary N) is 5. The maximum atomic E-state index is 11.2. The van der Waals surface area contributed by atoms with E-state index in [2.05, 4.69) is 70.6 Å². The van der Waals surface area contributed by atoms with E-state index in [1.54, 1.807) is 12.1 Å². The van der Waals surface area contributed by atoms with Crippen molar-refractivity contribution in [3.05, 3.63) is 119 Å². The van der Waals surface area contributed by atoms with E-state index in [0.717, 1.165) is 45.9 Å². The summed E-state index contributed by atoms with van der Waals surface area (Å²) < 4.78 is 0. The normalized spacial score (nSPS) is 12.8. The Kier molecular flexibility index (Phi) is 17.9. The highest BCUT2D eigenvalue weighted by Crippen LogP contribution is 2.28. The first kappa shape index (κ1) is 38.0. The van der Waals surface area contributed by atoms with E-state index in [4.69, 9.17) is 10.7 Å². The third kappa shape index (κ3) is 11.9. The molecule has 1 aliphatic rings. The van der Waals surface area contributed by atoms with Crippen LogP contribution >= 0.6 is 21.7 Å². The monoisotopic (exact) mass is 638 g/mol. The predicted molar refractivity (Wildman–Crippen MR) is 192 cm³/mol. The molecule has 4 aromatic rings. The van der Waals surface area contributed by atoms with Gasteiger partial charge in [0.15, 0.2) is 6.20 Å². The number of non-ortho nitro benzene ring substituents is 1. The van der Waals surface area contributed by atoms with Crippen molar-refractivity contribution in [1.29, 1.82) is 0 Å². The van der Waals surface area contributed by atoms with Gasteiger partial charge in [0.05, 0.1) is 29.2 Å². The number of nitro groups is 1. The van der Waals surface area contributed by atoms with Crippen LogP contribution in [0.5, 0.6) is 0 Å². The molecule has 1 atom stereocenters. The zero-order valence-corrected chi connectivity index (χ0v) is 27.3. The molecule has 2 heterocycles. The van der Waals surface area contributed by atoms with Crippen molar-refractivity contribution in [2.75, 3.05) is 35.8 Å². The van der Waals surface area contributed by atoms with Crippen LogP contribution in [0.3, 0.4) is 0 Å². The highest BCUT2D eigenvalue weighted by Gasteiger charge is 2.13. The predicted octanol–water partition coefficient (Wildman–Crippen LogP) is 8.45. The number of benzene rings is 3. The maximum Gasteiger partial charge on any atom is 0.270 e. The Bertz CT molecular complexity index is 1500. The SMILES string of the molecule is C.CC.CC.CSCl.C[NH+]1C=CC(Nc2cccc(CNc3ccc(Nc4cc[nH+]c5ccc([N+](=O)[O-])cc45)cc3)c2)=CC1. The number of anilines is 4. The summed E-state index contributed by atoms with van der Waals surface area (Å²) in [6.07, 6.45) is 10.1. The van der Waals surface area contributed by atoms with E-state index in [0.29, 0.717) is 6.54 Å². The Morgan fingerprint density at radius 1 is 0.955 bits per heavy atom. The van der Waals surface area contributed by atoms with Crippen molar-refractivity contribution in [2.24, 2.45) is 0 Å². The smallest absolute Gasteiger partial charge is 0.270 e. The van der Waals surface area contributed by atoms with Crippen molar-refractivity contribution in [2.45, 2.75) is 41.7 Å². The van der Waals surface area contributed by atoms with Crippen LogP contribution in [0.2, 0.25) is 0 Å². The van der Waals surface area contributed by atoms with Crippen LogP contribution in [0.25, 0.3) is 10.9 Å². The van der Waals surface area contributed by atoms with Crippen molar-refractivity contribution in [3.63, 3.8) is 0 Å². The Balaban J connectivity index is 0.00000112. The van der Waals surface area contributed by atoms with E-state index in [1.807, 2.05) is 70.5 Å². The fourth-order valence-electron chi connectivity index (χ4n) is 4.10. The minimum atomic E-state index is -0.383. The van der Waals surface area contributed by atoms with Crippen molar-refractivity contribution < 1.29 is 14.8 Å². The number of hydrogen-bond acceptors (Lipinski definition) is 6. The lowest BCUT2D eigenvalue weighted by atomic mass is 10.1. The van der Waals surface area contributed by atoms with Gasteiger partial charge in [-0.1, -0.05) is 58.2 Å². The molecule has 1 aromatic heterocycles. The summed E-state index contributed by atoms with van der Waals surface area (Å²) in [5.74, 6) is 0. The van der Waals surface area contributed by atoms with Gasteiger partial charge in [-0.25, -0.2) is 4.98 Å². The quantitative estimate of drug-likeness (QED) is 0.114. The van der Waals surface area contributed by atoms with Crippen LogP contribution in [-0.2, 0) is 6.54 Å². The standard InChI is InChI=1S/C28H26N6O2.2C2H6.CH3ClS.CH4/c1-33-15-12-23(13-16-33)31-24-4-2-3-20(17-24)19-30-21-5-7-22(8-6-21)32-28-11-14-29-27-10-9-25(34(35)36)18-26(27)28;2*1-2;1-3-2;/h2-15,17-18,30-31H,16,19H2,1H3,(H,29,32);2*1-2H3;1H3;1H4/p+2. The maximum absolute atomic E-state index is 11.2. The molecule has 0 amide bonds. The first-order chi connectivity index (χ1) is 20.9. The number of pyridine rings is 1. The van der Waals surface area contributed by atoms with Gasteiger partial charge in [-0.15, -0.1) is 0 Å². The minimum absolute atomic E-state index is 0. The van der Waals surface area contributed by atoms with Crippen LogP contribution in [-0.4, -0.2) is 24.8 Å². The van der Waals surface area contributed by atoms with Crippen molar-refractivity contribution >= 4 is 61.0 Å². The molecular weight excluding hydrogens is 592 g/mol. The number of aromatic amines is 1. The molecule has 0 spiro atoms. The number of allylic oxidation sites excluding steroid dienone is 1. The molecule has 0 bridgehead atoms. The Morgan fingerprint density at radius 2 is 1.64 bits per heavy atom. The van der Waals surface area contributed by atoms with E-state index < -0.39 is 0 Å². The lowest BCUT2D eigenvalue weighted by Crippen LogP contribution is -3.04. The molecule has 236 valence electrons. The van der Waals surface area contributed by atoms with E-state index in [9.17, 15) is 10.1 Å². The summed E-state index contributed by atoms with van der Waals surface area (Å²) in [6, 6.07) is 23.1. The third-order valence-corrected chi connectivity index (χ3v) is 6.06. The van der Waals surface area contributed by atoms with Gasteiger partial charge < -0.3 is 20.9 Å². The highest BCUT2D eigenvalue weighted by atomic mass is 35.7. The van der Waals surface area contributed by atoms with Gasteiger partial charge in [-0.05, 0) is 65.0 Å². The van der Waals surface area contributed by atoms with Gasteiger partial charge in [0, 0.05) is 59.6 Å². The molecule has 1 unspecified atom stereocenters. The van der Waals surface area contributed by atoms with Gasteiger partial charge in [0.25, 0.3) is 5.69 Å². The average molecular weight is 639 g/mol. The summed E-state index contributed by atoms with van der Waals surface area (Å²) >= 11 is 0. The van der Waals surface area contributed by atoms with Crippen LogP contribution in [0.1, 0.15) is 40.7 Å². The van der Waals surface area contributed by atoms with Crippen molar-refractivity contribution in [1.82, 2.24) is 0 Å². The number of rotatable bonds is 8. The first-order valence-corrected chi connectivity index (χ1v) is 16.4. The fourth-order valence-corrected chi connectivity index (χ4v) is 4.10. The van der Waals surface area contributed by atoms with Gasteiger partial charge >= 0.3 is 0 Å². The van der Waals surface area contributed by atoms with E-state index >= 15 is 0 Å². The summed E-state index contributed by atoms with van der Waals surface area (Å²) in [6.45, 7) is 9.68. The largest absolute Gasteiger partial charge is 0.381 e. The molecule has 10 heteroatoms. The highest BCUT2D eigenvalue weighted by molar-refractivity contribution is 8.20. The van der Waals surface area contributed by atoms with Gasteiger partial charge in [-0.3, -0.25) is 10.1 Å². The number of likely N-dealkylation sites (N-methyl/N-ethyl adjacent to an activating group) is 1. The zero-order chi connectivity index (χ0) is 31.6. The number of quaternary nitrogens is 1. The number of H-pyrrole nitrogens is 1. The van der Waals surface area contributed by atoms with Crippen LogP contribution in [0.15, 0.2) is 103 Å². The molecule has 5 rings (SSSR count). The summed E-state index contributed by atoms with van der Waals surface area (Å²) in [7, 11) is 8.27. The second-order valence-corrected chi connectivity index (χ2v) is 10.2. The molecule has 5 N–H and O–H groups in total. The molecule has 0 saturated carbocycles. The van der Waals surface area contributed by atoms with Gasteiger partial charge in [-0.2, -0.15) is 0 Å². The topological polar surface area (TPSA) is 97.8 Å². The number of fused-ring (bicyclic) bond motifs is 1. The molecule has 0 aliphatic carbocycles. The Hall–Kier alpha value is -4.05. The third-order valence-electron chi connectivity index (χ3n) is 6.06. The molecule has 0 fully saturated rings. The second kappa shape index (κ2) is 20.8. The molecule has 44 heavy (non-hydrogen) atoms. The number of aromatic nitrogens is 1. The van der Waals surface area contributed by atoms with E-state index in [-0.39, 0.29) is 18.0 Å². The average Bonchev–Trinajstić information content (AvgIpc) is 3.04. The molecule has 0 radical (unpaired) electrons. The molecular formula is C34H47ClN6O2S+2. The van der Waals surface area contributed by atoms with Crippen molar-refractivity contribution in [3.8, 4) is 0 Å². The van der Waals surface area contributed by atoms with Crippen LogP contribution in [0, 0.1) is 10.1 Å². The summed E-state index contributed by atoms with van der Waals surface area (Å²) in [4.78, 5) is 15.3. The number of nitrogens with zero attached hydrogens (tertiary/aromatic N) is 1.